The number of carbonyl (C=O) groups excluding carboxylic acids is 1. The van der Waals surface area contributed by atoms with E-state index < -0.39 is 17.6 Å². The van der Waals surface area contributed by atoms with Crippen LogP contribution in [0, 0.1) is 0 Å². The molecule has 0 spiro atoms. The second-order valence-corrected chi connectivity index (χ2v) is 6.88. The van der Waals surface area contributed by atoms with Crippen LogP contribution < -0.4 is 11.1 Å². The third-order valence-corrected chi connectivity index (χ3v) is 5.08. The maximum absolute atomic E-state index is 12.8. The first-order valence-corrected chi connectivity index (χ1v) is 9.06. The Kier molecular flexibility index (Phi) is 3.95. The summed E-state index contributed by atoms with van der Waals surface area (Å²) in [6, 6.07) is 6.54. The van der Waals surface area contributed by atoms with Crippen LogP contribution in [0.4, 0.5) is 0 Å². The number of aromatic nitrogens is 5. The largest absolute Gasteiger partial charge is 0.477 e. The number of carboxylic acids is 1. The van der Waals surface area contributed by atoms with Crippen molar-refractivity contribution in [3.8, 4) is 11.4 Å². The highest BCUT2D eigenvalue weighted by molar-refractivity contribution is 5.96. The van der Waals surface area contributed by atoms with Gasteiger partial charge >= 0.3 is 11.7 Å². The highest BCUT2D eigenvalue weighted by atomic mass is 16.5. The van der Waals surface area contributed by atoms with E-state index in [1.807, 2.05) is 12.1 Å². The van der Waals surface area contributed by atoms with E-state index in [0.29, 0.717) is 17.8 Å². The molecule has 0 aliphatic heterocycles. The molecule has 0 saturated carbocycles. The summed E-state index contributed by atoms with van der Waals surface area (Å²) < 4.78 is 5.84. The molecule has 5 rings (SSSR count). The second-order valence-electron chi connectivity index (χ2n) is 6.88. The van der Waals surface area contributed by atoms with Crippen molar-refractivity contribution < 1.29 is 19.2 Å². The number of aromatic amines is 1. The van der Waals surface area contributed by atoms with Crippen LogP contribution >= 0.6 is 0 Å². The number of hydrogen-bond donors (Lipinski definition) is 3. The minimum absolute atomic E-state index is 0.00522. The molecule has 4 aromatic rings. The van der Waals surface area contributed by atoms with Crippen LogP contribution in [0.2, 0.25) is 0 Å². The molecule has 11 heteroatoms. The van der Waals surface area contributed by atoms with Gasteiger partial charge in [0.1, 0.15) is 17.7 Å². The minimum Gasteiger partial charge on any atom is -0.477 e. The Morgan fingerprint density at radius 2 is 2.17 bits per heavy atom. The first-order chi connectivity index (χ1) is 14.5. The molecule has 0 saturated heterocycles. The standard InChI is InChI=1S/C19H14N6O5/c26-17(13-6-14(18(27)28)25-8-20-7-15(25)21-13)22-12-4-2-9-5-10(1-3-11(9)12)16-23-19(29)30-24-16/h1,3,5-8,12H,2,4H2,(H,22,26)(H,27,28)(H,23,24,29). The average molecular weight is 406 g/mol. The third-order valence-electron chi connectivity index (χ3n) is 5.08. The predicted octanol–water partition coefficient (Wildman–Crippen LogP) is 1.19. The van der Waals surface area contributed by atoms with Gasteiger partial charge in [0.15, 0.2) is 11.5 Å². The molecule has 1 aliphatic carbocycles. The van der Waals surface area contributed by atoms with Gasteiger partial charge in [0.05, 0.1) is 12.2 Å². The lowest BCUT2D eigenvalue weighted by atomic mass is 10.0. The summed E-state index contributed by atoms with van der Waals surface area (Å²) in [5, 5.41) is 16.0. The smallest absolute Gasteiger partial charge is 0.439 e. The first-order valence-electron chi connectivity index (χ1n) is 9.06. The van der Waals surface area contributed by atoms with E-state index in [1.165, 1.54) is 23.0 Å². The molecule has 1 aromatic carbocycles. The van der Waals surface area contributed by atoms with Gasteiger partial charge in [-0.1, -0.05) is 17.3 Å². The molecular weight excluding hydrogens is 392 g/mol. The molecule has 1 amide bonds. The highest BCUT2D eigenvalue weighted by Crippen LogP contribution is 2.33. The number of imidazole rings is 1. The molecule has 3 heterocycles. The zero-order chi connectivity index (χ0) is 20.8. The fraction of sp³-hybridized carbons (Fsp3) is 0.158. The van der Waals surface area contributed by atoms with E-state index in [0.717, 1.165) is 17.5 Å². The monoisotopic (exact) mass is 406 g/mol. The number of benzene rings is 1. The molecule has 0 radical (unpaired) electrons. The average Bonchev–Trinajstić information content (AvgIpc) is 3.46. The summed E-state index contributed by atoms with van der Waals surface area (Å²) in [6.45, 7) is 0. The maximum atomic E-state index is 12.8. The summed E-state index contributed by atoms with van der Waals surface area (Å²) in [6.07, 6.45) is 4.14. The van der Waals surface area contributed by atoms with Crippen molar-refractivity contribution in [3.05, 3.63) is 69.9 Å². The van der Waals surface area contributed by atoms with Crippen LogP contribution in [-0.4, -0.2) is 41.5 Å². The predicted molar refractivity (Wildman–Crippen MR) is 101 cm³/mol. The Labute approximate surface area is 167 Å². The number of nitrogens with one attached hydrogen (secondary N) is 2. The number of nitrogens with zero attached hydrogens (tertiary/aromatic N) is 4. The van der Waals surface area contributed by atoms with Gasteiger partial charge in [-0.05, 0) is 30.0 Å². The van der Waals surface area contributed by atoms with Crippen LogP contribution in [0.1, 0.15) is 44.6 Å². The summed E-state index contributed by atoms with van der Waals surface area (Å²) >= 11 is 0. The number of carboxylic acid groups (broad SMARTS) is 1. The van der Waals surface area contributed by atoms with Gasteiger partial charge in [-0.3, -0.25) is 18.7 Å². The van der Waals surface area contributed by atoms with E-state index in [-0.39, 0.29) is 23.1 Å². The van der Waals surface area contributed by atoms with Crippen LogP contribution in [0.15, 0.2) is 46.1 Å². The van der Waals surface area contributed by atoms with E-state index in [2.05, 4.69) is 29.9 Å². The quantitative estimate of drug-likeness (QED) is 0.456. The van der Waals surface area contributed by atoms with Crippen molar-refractivity contribution in [1.29, 1.82) is 0 Å². The Balaban J connectivity index is 1.41. The van der Waals surface area contributed by atoms with Crippen LogP contribution in [0.5, 0.6) is 0 Å². The highest BCUT2D eigenvalue weighted by Gasteiger charge is 2.26. The van der Waals surface area contributed by atoms with Gasteiger partial charge < -0.3 is 10.4 Å². The molecule has 30 heavy (non-hydrogen) atoms. The SMILES string of the molecule is O=C(NC1CCc2cc(-c3noc(=O)[nH]3)ccc21)c1cc(C(=O)O)n2cncc2n1. The van der Waals surface area contributed by atoms with Crippen molar-refractivity contribution >= 4 is 17.5 Å². The van der Waals surface area contributed by atoms with Gasteiger partial charge in [-0.2, -0.15) is 0 Å². The number of fused-ring (bicyclic) bond motifs is 2. The Bertz CT molecular complexity index is 1370. The summed E-state index contributed by atoms with van der Waals surface area (Å²) in [7, 11) is 0. The van der Waals surface area contributed by atoms with Crippen LogP contribution in [-0.2, 0) is 6.42 Å². The number of carbonyl (C=O) groups is 2. The van der Waals surface area contributed by atoms with Crippen molar-refractivity contribution in [1.82, 2.24) is 29.8 Å². The first kappa shape index (κ1) is 17.8. The fourth-order valence-electron chi connectivity index (χ4n) is 3.69. The Morgan fingerprint density at radius 3 is 2.93 bits per heavy atom. The van der Waals surface area contributed by atoms with Gasteiger partial charge in [0, 0.05) is 11.6 Å². The van der Waals surface area contributed by atoms with Gasteiger partial charge in [-0.25, -0.2) is 19.6 Å². The number of hydrogen-bond acceptors (Lipinski definition) is 7. The number of amides is 1. The molecule has 3 N–H and O–H groups in total. The molecule has 11 nitrogen and oxygen atoms in total. The Hall–Kier alpha value is -4.28. The number of aromatic carboxylic acids is 1. The molecule has 0 fully saturated rings. The summed E-state index contributed by atoms with van der Waals surface area (Å²) in [4.78, 5) is 46.0. The number of rotatable bonds is 4. The third kappa shape index (κ3) is 2.92. The number of aryl methyl sites for hydroxylation is 1. The lowest BCUT2D eigenvalue weighted by Crippen LogP contribution is -2.28. The van der Waals surface area contributed by atoms with Crippen molar-refractivity contribution in [3.63, 3.8) is 0 Å². The number of H-pyrrole nitrogens is 1. The van der Waals surface area contributed by atoms with E-state index in [9.17, 15) is 19.5 Å². The van der Waals surface area contributed by atoms with Crippen LogP contribution in [0.3, 0.4) is 0 Å². The minimum atomic E-state index is -1.18. The summed E-state index contributed by atoms with van der Waals surface area (Å²) in [5.74, 6) is -1.93. The van der Waals surface area contributed by atoms with Gasteiger partial charge in [0.2, 0.25) is 0 Å². The lowest BCUT2D eigenvalue weighted by Gasteiger charge is -2.14. The van der Waals surface area contributed by atoms with E-state index in [1.54, 1.807) is 6.07 Å². The fourth-order valence-corrected chi connectivity index (χ4v) is 3.69. The van der Waals surface area contributed by atoms with Crippen molar-refractivity contribution in [2.45, 2.75) is 18.9 Å². The van der Waals surface area contributed by atoms with Crippen LogP contribution in [0.25, 0.3) is 17.0 Å². The molecule has 1 unspecified atom stereocenters. The van der Waals surface area contributed by atoms with Gasteiger partial charge in [0.25, 0.3) is 5.91 Å². The molecule has 1 atom stereocenters. The van der Waals surface area contributed by atoms with E-state index >= 15 is 0 Å². The summed E-state index contributed by atoms with van der Waals surface area (Å²) in [5.41, 5.74) is 2.86. The topological polar surface area (TPSA) is 155 Å². The Morgan fingerprint density at radius 1 is 1.30 bits per heavy atom. The molecule has 1 aliphatic rings. The molecule has 3 aromatic heterocycles. The molecule has 0 bridgehead atoms. The molecule has 150 valence electrons. The van der Waals surface area contributed by atoms with Gasteiger partial charge in [-0.15, -0.1) is 0 Å². The normalized spacial score (nSPS) is 15.3. The second kappa shape index (κ2) is 6.65. The van der Waals surface area contributed by atoms with E-state index in [4.69, 9.17) is 0 Å². The van der Waals surface area contributed by atoms with Crippen molar-refractivity contribution in [2.24, 2.45) is 0 Å². The zero-order valence-electron chi connectivity index (χ0n) is 15.3. The maximum Gasteiger partial charge on any atom is 0.439 e. The molecular formula is C19H14N6O5. The zero-order valence-corrected chi connectivity index (χ0v) is 15.3. The lowest BCUT2D eigenvalue weighted by molar-refractivity contribution is 0.0688. The van der Waals surface area contributed by atoms with Crippen molar-refractivity contribution in [2.75, 3.05) is 0 Å².